The van der Waals surface area contributed by atoms with Crippen molar-refractivity contribution in [3.05, 3.63) is 71.8 Å². The minimum Gasteiger partial charge on any atom is -0.341 e. The van der Waals surface area contributed by atoms with Crippen LogP contribution in [0.15, 0.2) is 60.7 Å². The first-order chi connectivity index (χ1) is 14.2. The van der Waals surface area contributed by atoms with Gasteiger partial charge in [0.25, 0.3) is 5.91 Å². The lowest BCUT2D eigenvalue weighted by Gasteiger charge is -2.34. The Kier molecular flexibility index (Phi) is 7.82. The van der Waals surface area contributed by atoms with E-state index in [0.717, 1.165) is 44.5 Å². The van der Waals surface area contributed by atoms with E-state index >= 15 is 0 Å². The Morgan fingerprint density at radius 3 is 2.24 bits per heavy atom. The summed E-state index contributed by atoms with van der Waals surface area (Å²) in [6.45, 7) is 2.54. The van der Waals surface area contributed by atoms with Gasteiger partial charge in [-0.05, 0) is 56.5 Å². The SMILES string of the molecule is CNCCC1CCN(C(=O)C(Cc2ccccc2)NC(=O)c2ccccc2)CC1. The van der Waals surface area contributed by atoms with Crippen LogP contribution >= 0.6 is 0 Å². The summed E-state index contributed by atoms with van der Waals surface area (Å²) in [6.07, 6.45) is 3.70. The van der Waals surface area contributed by atoms with E-state index in [9.17, 15) is 9.59 Å². The Labute approximate surface area is 173 Å². The largest absolute Gasteiger partial charge is 0.341 e. The van der Waals surface area contributed by atoms with Gasteiger partial charge < -0.3 is 15.5 Å². The van der Waals surface area contributed by atoms with Crippen molar-refractivity contribution in [3.8, 4) is 0 Å². The quantitative estimate of drug-likeness (QED) is 0.725. The number of nitrogens with zero attached hydrogens (tertiary/aromatic N) is 1. The third kappa shape index (κ3) is 6.16. The van der Waals surface area contributed by atoms with Gasteiger partial charge in [0.1, 0.15) is 6.04 Å². The fourth-order valence-electron chi connectivity index (χ4n) is 3.89. The van der Waals surface area contributed by atoms with Gasteiger partial charge in [0.2, 0.25) is 5.91 Å². The first kappa shape index (κ1) is 21.1. The van der Waals surface area contributed by atoms with Gasteiger partial charge in [0.15, 0.2) is 0 Å². The molecule has 5 heteroatoms. The van der Waals surface area contributed by atoms with Crippen LogP contribution in [0.4, 0.5) is 0 Å². The monoisotopic (exact) mass is 393 g/mol. The van der Waals surface area contributed by atoms with E-state index in [1.54, 1.807) is 12.1 Å². The molecule has 1 heterocycles. The topological polar surface area (TPSA) is 61.4 Å². The summed E-state index contributed by atoms with van der Waals surface area (Å²) in [7, 11) is 1.97. The number of hydrogen-bond donors (Lipinski definition) is 2. The number of rotatable bonds is 8. The van der Waals surface area contributed by atoms with E-state index in [1.807, 2.05) is 60.5 Å². The molecule has 0 bridgehead atoms. The van der Waals surface area contributed by atoms with Gasteiger partial charge >= 0.3 is 0 Å². The fourth-order valence-corrected chi connectivity index (χ4v) is 3.89. The Morgan fingerprint density at radius 2 is 1.62 bits per heavy atom. The van der Waals surface area contributed by atoms with Crippen LogP contribution in [0.25, 0.3) is 0 Å². The minimum atomic E-state index is -0.557. The standard InChI is InChI=1S/C24H31N3O2/c1-25-15-12-19-13-16-27(17-14-19)24(29)22(18-20-8-4-2-5-9-20)26-23(28)21-10-6-3-7-11-21/h2-11,19,22,25H,12-18H2,1H3,(H,26,28). The van der Waals surface area contributed by atoms with E-state index < -0.39 is 6.04 Å². The summed E-state index contributed by atoms with van der Waals surface area (Å²) >= 11 is 0. The number of amides is 2. The second-order valence-electron chi connectivity index (χ2n) is 7.74. The molecule has 1 unspecified atom stereocenters. The molecule has 0 aromatic heterocycles. The number of hydrogen-bond acceptors (Lipinski definition) is 3. The molecule has 1 fully saturated rings. The van der Waals surface area contributed by atoms with Gasteiger partial charge in [0, 0.05) is 25.1 Å². The summed E-state index contributed by atoms with van der Waals surface area (Å²) in [6, 6.07) is 18.4. The van der Waals surface area contributed by atoms with Crippen LogP contribution in [-0.4, -0.2) is 49.4 Å². The summed E-state index contributed by atoms with van der Waals surface area (Å²) < 4.78 is 0. The van der Waals surface area contributed by atoms with Gasteiger partial charge in [-0.25, -0.2) is 0 Å². The molecule has 2 aromatic rings. The van der Waals surface area contributed by atoms with Crippen molar-refractivity contribution >= 4 is 11.8 Å². The lowest BCUT2D eigenvalue weighted by Crippen LogP contribution is -2.51. The van der Waals surface area contributed by atoms with Crippen molar-refractivity contribution < 1.29 is 9.59 Å². The zero-order valence-corrected chi connectivity index (χ0v) is 17.1. The summed E-state index contributed by atoms with van der Waals surface area (Å²) in [5.74, 6) is 0.479. The first-order valence-corrected chi connectivity index (χ1v) is 10.5. The number of carbonyl (C=O) groups excluding carboxylic acids is 2. The molecule has 0 spiro atoms. The molecule has 0 saturated carbocycles. The van der Waals surface area contributed by atoms with Crippen LogP contribution < -0.4 is 10.6 Å². The van der Waals surface area contributed by atoms with E-state index in [0.29, 0.717) is 17.9 Å². The highest BCUT2D eigenvalue weighted by atomic mass is 16.2. The number of carbonyl (C=O) groups is 2. The third-order valence-corrected chi connectivity index (χ3v) is 5.65. The molecule has 0 aliphatic carbocycles. The molecule has 154 valence electrons. The van der Waals surface area contributed by atoms with E-state index in [-0.39, 0.29) is 11.8 Å². The summed E-state index contributed by atoms with van der Waals surface area (Å²) in [4.78, 5) is 27.9. The highest BCUT2D eigenvalue weighted by Gasteiger charge is 2.29. The van der Waals surface area contributed by atoms with Crippen molar-refractivity contribution in [2.24, 2.45) is 5.92 Å². The predicted molar refractivity (Wildman–Crippen MR) is 116 cm³/mol. The summed E-state index contributed by atoms with van der Waals surface area (Å²) in [5, 5.41) is 6.19. The predicted octanol–water partition coefficient (Wildman–Crippen LogP) is 2.88. The molecular weight excluding hydrogens is 362 g/mol. The van der Waals surface area contributed by atoms with E-state index in [1.165, 1.54) is 0 Å². The number of likely N-dealkylation sites (tertiary alicyclic amines) is 1. The maximum Gasteiger partial charge on any atom is 0.251 e. The van der Waals surface area contributed by atoms with Crippen LogP contribution in [0, 0.1) is 5.92 Å². The van der Waals surface area contributed by atoms with Crippen LogP contribution in [0.1, 0.15) is 35.2 Å². The average molecular weight is 394 g/mol. The molecule has 0 radical (unpaired) electrons. The molecule has 3 rings (SSSR count). The molecule has 2 N–H and O–H groups in total. The maximum atomic E-state index is 13.3. The molecule has 29 heavy (non-hydrogen) atoms. The Balaban J connectivity index is 1.67. The van der Waals surface area contributed by atoms with E-state index in [4.69, 9.17) is 0 Å². The molecule has 1 atom stereocenters. The fraction of sp³-hybridized carbons (Fsp3) is 0.417. The van der Waals surface area contributed by atoms with Gasteiger partial charge in [-0.3, -0.25) is 9.59 Å². The zero-order chi connectivity index (χ0) is 20.5. The molecular formula is C24H31N3O2. The zero-order valence-electron chi connectivity index (χ0n) is 17.1. The second kappa shape index (κ2) is 10.8. The molecule has 1 aliphatic rings. The molecule has 2 amide bonds. The first-order valence-electron chi connectivity index (χ1n) is 10.5. The lowest BCUT2D eigenvalue weighted by molar-refractivity contribution is -0.134. The highest BCUT2D eigenvalue weighted by molar-refractivity contribution is 5.97. The van der Waals surface area contributed by atoms with Crippen molar-refractivity contribution in [1.29, 1.82) is 0 Å². The second-order valence-corrected chi connectivity index (χ2v) is 7.74. The van der Waals surface area contributed by atoms with Gasteiger partial charge in [-0.1, -0.05) is 48.5 Å². The van der Waals surface area contributed by atoms with Crippen LogP contribution in [0.5, 0.6) is 0 Å². The normalized spacial score (nSPS) is 15.7. The average Bonchev–Trinajstić information content (AvgIpc) is 2.78. The smallest absolute Gasteiger partial charge is 0.251 e. The molecule has 1 aliphatic heterocycles. The number of nitrogens with one attached hydrogen (secondary N) is 2. The lowest BCUT2D eigenvalue weighted by atomic mass is 9.93. The van der Waals surface area contributed by atoms with Gasteiger partial charge in [-0.15, -0.1) is 0 Å². The van der Waals surface area contributed by atoms with Crippen molar-refractivity contribution in [2.75, 3.05) is 26.7 Å². The highest BCUT2D eigenvalue weighted by Crippen LogP contribution is 2.21. The Bertz CT molecular complexity index is 771. The van der Waals surface area contributed by atoms with Crippen molar-refractivity contribution in [3.63, 3.8) is 0 Å². The van der Waals surface area contributed by atoms with E-state index in [2.05, 4.69) is 10.6 Å². The van der Waals surface area contributed by atoms with Crippen LogP contribution in [0.2, 0.25) is 0 Å². The van der Waals surface area contributed by atoms with Crippen LogP contribution in [-0.2, 0) is 11.2 Å². The van der Waals surface area contributed by atoms with Gasteiger partial charge in [-0.2, -0.15) is 0 Å². The Morgan fingerprint density at radius 1 is 1.00 bits per heavy atom. The summed E-state index contributed by atoms with van der Waals surface area (Å²) in [5.41, 5.74) is 1.62. The van der Waals surface area contributed by atoms with Crippen LogP contribution in [0.3, 0.4) is 0 Å². The number of piperidine rings is 1. The molecule has 1 saturated heterocycles. The molecule has 5 nitrogen and oxygen atoms in total. The number of benzene rings is 2. The maximum absolute atomic E-state index is 13.3. The third-order valence-electron chi connectivity index (χ3n) is 5.65. The van der Waals surface area contributed by atoms with Crippen molar-refractivity contribution in [2.45, 2.75) is 31.7 Å². The minimum absolute atomic E-state index is 0.0187. The van der Waals surface area contributed by atoms with Crippen molar-refractivity contribution in [1.82, 2.24) is 15.5 Å². The molecule has 2 aromatic carbocycles. The Hall–Kier alpha value is -2.66. The van der Waals surface area contributed by atoms with Gasteiger partial charge in [0.05, 0.1) is 0 Å².